The van der Waals surface area contributed by atoms with E-state index in [-0.39, 0.29) is 17.7 Å². The summed E-state index contributed by atoms with van der Waals surface area (Å²) in [4.78, 5) is 26.7. The number of rotatable bonds is 7. The average molecular weight is 452 g/mol. The van der Waals surface area contributed by atoms with Crippen LogP contribution >= 0.6 is 23.4 Å². The first-order chi connectivity index (χ1) is 15.0. The third-order valence-electron chi connectivity index (χ3n) is 5.11. The average Bonchev–Trinajstić information content (AvgIpc) is 3.02. The number of amides is 2. The minimum absolute atomic E-state index is 0.168. The van der Waals surface area contributed by atoms with Gasteiger partial charge in [0.25, 0.3) is 5.24 Å². The van der Waals surface area contributed by atoms with Crippen LogP contribution in [0.5, 0.6) is 5.75 Å². The van der Waals surface area contributed by atoms with Crippen molar-refractivity contribution in [3.05, 3.63) is 100 Å². The molecule has 1 atom stereocenters. The molecule has 0 spiro atoms. The van der Waals surface area contributed by atoms with Crippen molar-refractivity contribution in [1.82, 2.24) is 4.90 Å². The molecule has 3 aromatic carbocycles. The van der Waals surface area contributed by atoms with Crippen LogP contribution in [0.2, 0.25) is 5.02 Å². The fourth-order valence-corrected chi connectivity index (χ4v) is 4.66. The highest BCUT2D eigenvalue weighted by Crippen LogP contribution is 2.33. The van der Waals surface area contributed by atoms with E-state index < -0.39 is 5.25 Å². The Morgan fingerprint density at radius 1 is 0.968 bits per heavy atom. The maximum absolute atomic E-state index is 12.9. The van der Waals surface area contributed by atoms with Crippen molar-refractivity contribution in [1.29, 1.82) is 0 Å². The Morgan fingerprint density at radius 3 is 2.52 bits per heavy atom. The molecule has 158 valence electrons. The van der Waals surface area contributed by atoms with Gasteiger partial charge in [-0.15, -0.1) is 0 Å². The van der Waals surface area contributed by atoms with E-state index in [0.717, 1.165) is 34.2 Å². The molecule has 2 amide bonds. The SMILES string of the molecule is Cc1cccc(COc2ccccc2C[C@@H]2SC(=O)N(Cc3ccc(Cl)cc3)C2=O)c1. The number of para-hydroxylation sites is 1. The normalized spacial score (nSPS) is 16.1. The first kappa shape index (κ1) is 21.5. The molecule has 4 nitrogen and oxygen atoms in total. The van der Waals surface area contributed by atoms with Crippen molar-refractivity contribution >= 4 is 34.5 Å². The van der Waals surface area contributed by atoms with Crippen molar-refractivity contribution in [3.8, 4) is 5.75 Å². The van der Waals surface area contributed by atoms with Gasteiger partial charge in [-0.3, -0.25) is 14.5 Å². The Hall–Kier alpha value is -2.76. The van der Waals surface area contributed by atoms with Crippen LogP contribution in [0, 0.1) is 6.92 Å². The fraction of sp³-hybridized carbons (Fsp3) is 0.200. The van der Waals surface area contributed by atoms with E-state index in [4.69, 9.17) is 16.3 Å². The number of hydrogen-bond acceptors (Lipinski definition) is 4. The van der Waals surface area contributed by atoms with Gasteiger partial charge in [-0.25, -0.2) is 0 Å². The van der Waals surface area contributed by atoms with Crippen LogP contribution in [0.4, 0.5) is 4.79 Å². The predicted octanol–water partition coefficient (Wildman–Crippen LogP) is 6.03. The van der Waals surface area contributed by atoms with E-state index >= 15 is 0 Å². The van der Waals surface area contributed by atoms with Crippen LogP contribution in [-0.2, 0) is 24.4 Å². The van der Waals surface area contributed by atoms with E-state index in [1.165, 1.54) is 10.5 Å². The second kappa shape index (κ2) is 9.58. The quantitative estimate of drug-likeness (QED) is 0.439. The first-order valence-electron chi connectivity index (χ1n) is 10.0. The Bertz CT molecular complexity index is 1100. The van der Waals surface area contributed by atoms with Gasteiger partial charge in [-0.2, -0.15) is 0 Å². The topological polar surface area (TPSA) is 46.6 Å². The summed E-state index contributed by atoms with van der Waals surface area (Å²) in [5, 5.41) is -0.0519. The molecule has 0 bridgehead atoms. The molecule has 0 saturated carbocycles. The molecule has 1 heterocycles. The number of carbonyl (C=O) groups is 2. The lowest BCUT2D eigenvalue weighted by atomic mass is 10.1. The Morgan fingerprint density at radius 2 is 1.74 bits per heavy atom. The lowest BCUT2D eigenvalue weighted by molar-refractivity contribution is -0.127. The zero-order valence-corrected chi connectivity index (χ0v) is 18.7. The van der Waals surface area contributed by atoms with Gasteiger partial charge >= 0.3 is 0 Å². The van der Waals surface area contributed by atoms with Crippen LogP contribution in [-0.4, -0.2) is 21.3 Å². The number of imide groups is 1. The van der Waals surface area contributed by atoms with Crippen LogP contribution in [0.1, 0.15) is 22.3 Å². The molecular formula is C25H22ClNO3S. The second-order valence-electron chi connectivity index (χ2n) is 7.51. The van der Waals surface area contributed by atoms with E-state index in [1.807, 2.05) is 61.5 Å². The number of hydrogen-bond donors (Lipinski definition) is 0. The molecule has 1 fully saturated rings. The van der Waals surface area contributed by atoms with Gasteiger partial charge in [0.1, 0.15) is 12.4 Å². The Labute approximate surface area is 191 Å². The van der Waals surface area contributed by atoms with Crippen molar-refractivity contribution in [2.24, 2.45) is 0 Å². The summed E-state index contributed by atoms with van der Waals surface area (Å²) in [5.74, 6) is 0.569. The van der Waals surface area contributed by atoms with Crippen LogP contribution in [0.15, 0.2) is 72.8 Å². The van der Waals surface area contributed by atoms with Crippen molar-refractivity contribution in [2.75, 3.05) is 0 Å². The van der Waals surface area contributed by atoms with E-state index in [9.17, 15) is 9.59 Å². The van der Waals surface area contributed by atoms with E-state index in [0.29, 0.717) is 18.1 Å². The minimum Gasteiger partial charge on any atom is -0.489 e. The van der Waals surface area contributed by atoms with Crippen molar-refractivity contribution in [3.63, 3.8) is 0 Å². The molecule has 4 rings (SSSR count). The van der Waals surface area contributed by atoms with Crippen molar-refractivity contribution < 1.29 is 14.3 Å². The smallest absolute Gasteiger partial charge is 0.289 e. The maximum Gasteiger partial charge on any atom is 0.289 e. The molecule has 0 aliphatic carbocycles. The van der Waals surface area contributed by atoms with Crippen LogP contribution < -0.4 is 4.74 Å². The molecule has 0 unspecified atom stereocenters. The summed E-state index contributed by atoms with van der Waals surface area (Å²) < 4.78 is 6.05. The summed E-state index contributed by atoms with van der Waals surface area (Å²) in [7, 11) is 0. The number of ether oxygens (including phenoxy) is 1. The van der Waals surface area contributed by atoms with Gasteiger partial charge in [0.2, 0.25) is 5.91 Å². The molecule has 1 aliphatic rings. The molecule has 1 aliphatic heterocycles. The molecule has 3 aromatic rings. The Kier molecular flexibility index (Phi) is 6.64. The molecule has 31 heavy (non-hydrogen) atoms. The molecule has 1 saturated heterocycles. The first-order valence-corrected chi connectivity index (χ1v) is 11.3. The van der Waals surface area contributed by atoms with Crippen molar-refractivity contribution in [2.45, 2.75) is 31.7 Å². The van der Waals surface area contributed by atoms with Gasteiger partial charge in [-0.1, -0.05) is 83.5 Å². The highest BCUT2D eigenvalue weighted by molar-refractivity contribution is 8.15. The summed E-state index contributed by atoms with van der Waals surface area (Å²) in [6.07, 6.45) is 0.441. The minimum atomic E-state index is -0.455. The van der Waals surface area contributed by atoms with Gasteiger partial charge < -0.3 is 4.74 Å². The van der Waals surface area contributed by atoms with E-state index in [2.05, 4.69) is 6.07 Å². The highest BCUT2D eigenvalue weighted by Gasteiger charge is 2.39. The lowest BCUT2D eigenvalue weighted by Gasteiger charge is -2.15. The number of nitrogens with zero attached hydrogens (tertiary/aromatic N) is 1. The zero-order chi connectivity index (χ0) is 21.8. The molecular weight excluding hydrogens is 430 g/mol. The summed E-state index contributed by atoms with van der Waals surface area (Å²) >= 11 is 7.00. The number of halogens is 1. The standard InChI is InChI=1S/C25H22ClNO3S/c1-17-5-4-6-19(13-17)16-30-22-8-3-2-7-20(22)14-23-24(28)27(25(29)31-23)15-18-9-11-21(26)12-10-18/h2-13,23H,14-16H2,1H3/t23-/m0/s1. The summed E-state index contributed by atoms with van der Waals surface area (Å²) in [5.41, 5.74) is 4.06. The number of thioether (sulfide) groups is 1. The monoisotopic (exact) mass is 451 g/mol. The van der Waals surface area contributed by atoms with Gasteiger partial charge in [0, 0.05) is 5.02 Å². The molecule has 6 heteroatoms. The summed E-state index contributed by atoms with van der Waals surface area (Å²) in [6, 6.07) is 23.0. The molecule has 0 aromatic heterocycles. The zero-order valence-electron chi connectivity index (χ0n) is 17.1. The molecule has 0 radical (unpaired) electrons. The number of carbonyl (C=O) groups excluding carboxylic acids is 2. The van der Waals surface area contributed by atoms with Crippen LogP contribution in [0.3, 0.4) is 0 Å². The fourth-order valence-electron chi connectivity index (χ4n) is 3.52. The highest BCUT2D eigenvalue weighted by atomic mass is 35.5. The predicted molar refractivity (Wildman–Crippen MR) is 124 cm³/mol. The molecule has 0 N–H and O–H groups in total. The Balaban J connectivity index is 1.43. The largest absolute Gasteiger partial charge is 0.489 e. The maximum atomic E-state index is 12.9. The summed E-state index contributed by atoms with van der Waals surface area (Å²) in [6.45, 7) is 2.75. The third kappa shape index (κ3) is 5.30. The van der Waals surface area contributed by atoms with E-state index in [1.54, 1.807) is 12.1 Å². The number of benzene rings is 3. The second-order valence-corrected chi connectivity index (χ2v) is 9.10. The lowest BCUT2D eigenvalue weighted by Crippen LogP contribution is -2.31. The number of aryl methyl sites for hydroxylation is 1. The van der Waals surface area contributed by atoms with Gasteiger partial charge in [0.15, 0.2) is 0 Å². The van der Waals surface area contributed by atoms with Crippen LogP contribution in [0.25, 0.3) is 0 Å². The third-order valence-corrected chi connectivity index (χ3v) is 6.44. The van der Waals surface area contributed by atoms with Gasteiger partial charge in [-0.05, 0) is 48.2 Å². The van der Waals surface area contributed by atoms with Gasteiger partial charge in [0.05, 0.1) is 11.8 Å².